The van der Waals surface area contributed by atoms with Crippen molar-refractivity contribution in [2.75, 3.05) is 0 Å². The summed E-state index contributed by atoms with van der Waals surface area (Å²) in [6.07, 6.45) is 0. The predicted molar refractivity (Wildman–Crippen MR) is 35.4 cm³/mol. The Morgan fingerprint density at radius 3 is 2.12 bits per heavy atom. The van der Waals surface area contributed by atoms with Crippen molar-refractivity contribution in [3.8, 4) is 0 Å². The molecule has 0 unspecified atom stereocenters. The molecule has 39 valence electrons. The number of nitrogens with zero attached hydrogens (tertiary/aromatic N) is 1. The lowest BCUT2D eigenvalue weighted by atomic mass is 10.3. The molecule has 0 spiro atoms. The summed E-state index contributed by atoms with van der Waals surface area (Å²) in [6.45, 7) is 3.38. The monoisotopic (exact) mass is 105 g/mol. The average Bonchev–Trinajstić information content (AvgIpc) is 1.90. The first-order valence-corrected chi connectivity index (χ1v) is 2.45. The average molecular weight is 105 g/mol. The minimum Gasteiger partial charge on any atom is -0.0618 e. The first-order chi connectivity index (χ1) is 3.93. The molecule has 1 aromatic carbocycles. The summed E-state index contributed by atoms with van der Waals surface area (Å²) in [7, 11) is 0. The number of aliphatic imine (C=N–C) groups is 1. The van der Waals surface area contributed by atoms with Crippen molar-refractivity contribution in [2.45, 2.75) is 0 Å². The Morgan fingerprint density at radius 2 is 1.75 bits per heavy atom. The quantitative estimate of drug-likeness (QED) is 0.479. The van der Waals surface area contributed by atoms with E-state index in [1.54, 1.807) is 0 Å². The van der Waals surface area contributed by atoms with Crippen molar-refractivity contribution in [1.82, 2.24) is 4.99 Å². The number of para-hydroxylation sites is 1. The molecule has 8 heavy (non-hydrogen) atoms. The number of hydrogen-bond acceptors (Lipinski definition) is 1. The van der Waals surface area contributed by atoms with Crippen LogP contribution < -0.4 is 4.99 Å². The Labute approximate surface area is 48.7 Å². The summed E-state index contributed by atoms with van der Waals surface area (Å²) in [6, 6.07) is 9.64. The molecule has 0 aliphatic rings. The Balaban J connectivity index is 2.99. The van der Waals surface area contributed by atoms with E-state index in [1.165, 1.54) is 0 Å². The fraction of sp³-hybridized carbons (Fsp3) is 0. The largest absolute Gasteiger partial charge is 0.276 e. The SMILES string of the molecule is C=[N+]c1ccccc1. The molecule has 1 nitrogen and oxygen atoms in total. The highest BCUT2D eigenvalue weighted by Gasteiger charge is 1.90. The normalized spacial score (nSPS) is 8.50. The molecular formula is C7H7N+. The second-order valence-corrected chi connectivity index (χ2v) is 1.49. The van der Waals surface area contributed by atoms with Gasteiger partial charge in [0, 0.05) is 12.1 Å². The van der Waals surface area contributed by atoms with Crippen molar-refractivity contribution < 1.29 is 0 Å². The van der Waals surface area contributed by atoms with Crippen LogP contribution in [0.3, 0.4) is 0 Å². The van der Waals surface area contributed by atoms with Gasteiger partial charge in [-0.3, -0.25) is 0 Å². The molecule has 0 heterocycles. The molecule has 1 heteroatoms. The van der Waals surface area contributed by atoms with Gasteiger partial charge in [-0.05, 0) is 0 Å². The van der Waals surface area contributed by atoms with E-state index in [0.717, 1.165) is 5.69 Å². The minimum absolute atomic E-state index is 0.924. The standard InChI is InChI=1S/C7H7N/c1-8-7-5-3-2-4-6-7/h2-6H,1H2/q+1. The van der Waals surface area contributed by atoms with Crippen LogP contribution in [0.2, 0.25) is 0 Å². The van der Waals surface area contributed by atoms with Crippen LogP contribution in [0.25, 0.3) is 0 Å². The van der Waals surface area contributed by atoms with Gasteiger partial charge in [0.25, 0.3) is 5.69 Å². The van der Waals surface area contributed by atoms with Gasteiger partial charge in [0.15, 0.2) is 0 Å². The molecule has 0 fully saturated rings. The first-order valence-electron chi connectivity index (χ1n) is 2.45. The van der Waals surface area contributed by atoms with E-state index >= 15 is 0 Å². The summed E-state index contributed by atoms with van der Waals surface area (Å²) in [5, 5.41) is 0. The van der Waals surface area contributed by atoms with Crippen molar-refractivity contribution in [1.29, 1.82) is 0 Å². The summed E-state index contributed by atoms with van der Waals surface area (Å²) < 4.78 is 0. The zero-order valence-electron chi connectivity index (χ0n) is 4.54. The molecule has 0 aromatic heterocycles. The van der Waals surface area contributed by atoms with Gasteiger partial charge in [0.05, 0.1) is 4.99 Å². The Hall–Kier alpha value is -1.11. The zero-order chi connectivity index (χ0) is 5.82. The van der Waals surface area contributed by atoms with E-state index < -0.39 is 0 Å². The Morgan fingerprint density at radius 1 is 1.12 bits per heavy atom. The third-order valence-corrected chi connectivity index (χ3v) is 0.939. The summed E-state index contributed by atoms with van der Waals surface area (Å²) in [5.41, 5.74) is 0.924. The van der Waals surface area contributed by atoms with Gasteiger partial charge in [0.1, 0.15) is 0 Å². The van der Waals surface area contributed by atoms with E-state index in [9.17, 15) is 0 Å². The number of benzene rings is 1. The van der Waals surface area contributed by atoms with E-state index in [4.69, 9.17) is 0 Å². The van der Waals surface area contributed by atoms with Crippen LogP contribution in [0, 0.1) is 0 Å². The third kappa shape index (κ3) is 0.936. The fourth-order valence-electron chi connectivity index (χ4n) is 0.533. The molecule has 0 saturated carbocycles. The van der Waals surface area contributed by atoms with Gasteiger partial charge in [-0.15, -0.1) is 0 Å². The highest BCUT2D eigenvalue weighted by molar-refractivity contribution is 5.41. The first kappa shape index (κ1) is 5.04. The van der Waals surface area contributed by atoms with E-state index in [1.807, 2.05) is 30.3 Å². The molecule has 0 aliphatic carbocycles. The molecule has 0 aliphatic heterocycles. The van der Waals surface area contributed by atoms with Crippen LogP contribution >= 0.6 is 0 Å². The summed E-state index contributed by atoms with van der Waals surface area (Å²) >= 11 is 0. The molecule has 1 radical (unpaired) electrons. The van der Waals surface area contributed by atoms with Gasteiger partial charge in [-0.1, -0.05) is 18.2 Å². The van der Waals surface area contributed by atoms with Crippen LogP contribution in [0.4, 0.5) is 5.69 Å². The van der Waals surface area contributed by atoms with Gasteiger partial charge in [-0.2, -0.15) is 0 Å². The van der Waals surface area contributed by atoms with Gasteiger partial charge >= 0.3 is 0 Å². The second-order valence-electron chi connectivity index (χ2n) is 1.49. The van der Waals surface area contributed by atoms with Crippen molar-refractivity contribution in [2.24, 2.45) is 0 Å². The summed E-state index contributed by atoms with van der Waals surface area (Å²) in [5.74, 6) is 0. The van der Waals surface area contributed by atoms with Crippen LogP contribution in [0.15, 0.2) is 30.3 Å². The molecule has 1 aromatic rings. The third-order valence-electron chi connectivity index (χ3n) is 0.939. The van der Waals surface area contributed by atoms with Crippen molar-refractivity contribution in [3.63, 3.8) is 0 Å². The maximum Gasteiger partial charge on any atom is 0.276 e. The maximum atomic E-state index is 3.72. The Kier molecular flexibility index (Phi) is 1.42. The lowest BCUT2D eigenvalue weighted by Crippen LogP contribution is -1.71. The van der Waals surface area contributed by atoms with Crippen LogP contribution in [0.5, 0.6) is 0 Å². The molecular weight excluding hydrogens is 98.1 g/mol. The molecule has 0 atom stereocenters. The zero-order valence-corrected chi connectivity index (χ0v) is 4.54. The molecule has 0 saturated heterocycles. The van der Waals surface area contributed by atoms with Gasteiger partial charge < -0.3 is 0 Å². The highest BCUT2D eigenvalue weighted by Crippen LogP contribution is 1.99. The number of hydrogen-bond donors (Lipinski definition) is 0. The van der Waals surface area contributed by atoms with Crippen LogP contribution in [0.1, 0.15) is 0 Å². The van der Waals surface area contributed by atoms with Crippen LogP contribution in [-0.2, 0) is 0 Å². The fourth-order valence-corrected chi connectivity index (χ4v) is 0.533. The van der Waals surface area contributed by atoms with Gasteiger partial charge in [0.2, 0.25) is 6.72 Å². The van der Waals surface area contributed by atoms with Gasteiger partial charge in [-0.25, -0.2) is 0 Å². The van der Waals surface area contributed by atoms with Crippen molar-refractivity contribution in [3.05, 3.63) is 30.3 Å². The molecule has 0 amide bonds. The second kappa shape index (κ2) is 2.26. The topological polar surface area (TPSA) is 14.1 Å². The lowest BCUT2D eigenvalue weighted by molar-refractivity contribution is 1.41. The highest BCUT2D eigenvalue weighted by atomic mass is 14.7. The minimum atomic E-state index is 0.924. The maximum absolute atomic E-state index is 3.72. The predicted octanol–water partition coefficient (Wildman–Crippen LogP) is 1.35. The van der Waals surface area contributed by atoms with Crippen LogP contribution in [-0.4, -0.2) is 6.72 Å². The van der Waals surface area contributed by atoms with E-state index in [2.05, 4.69) is 11.7 Å². The molecule has 1 rings (SSSR count). The lowest BCUT2D eigenvalue weighted by Gasteiger charge is -1.73. The number of rotatable bonds is 1. The van der Waals surface area contributed by atoms with E-state index in [-0.39, 0.29) is 0 Å². The smallest absolute Gasteiger partial charge is 0.0618 e. The molecule has 0 N–H and O–H groups in total. The molecule has 0 bridgehead atoms. The Bertz CT molecular complexity index is 167. The van der Waals surface area contributed by atoms with Crippen molar-refractivity contribution >= 4 is 12.4 Å². The van der Waals surface area contributed by atoms with E-state index in [0.29, 0.717) is 0 Å². The summed E-state index contributed by atoms with van der Waals surface area (Å²) in [4.78, 5) is 3.72.